The SMILES string of the molecule is CC(C)N(C)C(=O)CSc1cc(N)ccc1Cl. The van der Waals surface area contributed by atoms with Crippen LogP contribution in [0.25, 0.3) is 0 Å². The van der Waals surface area contributed by atoms with Crippen LogP contribution in [0.5, 0.6) is 0 Å². The quantitative estimate of drug-likeness (QED) is 0.677. The molecule has 0 bridgehead atoms. The van der Waals surface area contributed by atoms with Crippen molar-refractivity contribution in [1.29, 1.82) is 0 Å². The summed E-state index contributed by atoms with van der Waals surface area (Å²) in [7, 11) is 1.80. The second kappa shape index (κ2) is 6.17. The highest BCUT2D eigenvalue weighted by atomic mass is 35.5. The van der Waals surface area contributed by atoms with Crippen LogP contribution in [0.1, 0.15) is 13.8 Å². The molecule has 1 aromatic carbocycles. The van der Waals surface area contributed by atoms with Gasteiger partial charge >= 0.3 is 0 Å². The lowest BCUT2D eigenvalue weighted by atomic mass is 10.3. The predicted octanol–water partition coefficient (Wildman–Crippen LogP) is 2.88. The number of amides is 1. The normalized spacial score (nSPS) is 10.6. The molecule has 1 amide bonds. The zero-order valence-corrected chi connectivity index (χ0v) is 11.8. The first-order valence-corrected chi connectivity index (χ1v) is 6.71. The Morgan fingerprint density at radius 2 is 2.18 bits per heavy atom. The van der Waals surface area contributed by atoms with Gasteiger partial charge in [-0.25, -0.2) is 0 Å². The van der Waals surface area contributed by atoms with E-state index in [1.165, 1.54) is 11.8 Å². The van der Waals surface area contributed by atoms with Crippen LogP contribution < -0.4 is 5.73 Å². The van der Waals surface area contributed by atoms with Gasteiger partial charge in [0.05, 0.1) is 10.8 Å². The molecule has 1 rings (SSSR count). The third-order valence-corrected chi connectivity index (χ3v) is 3.96. The molecule has 0 unspecified atom stereocenters. The first-order chi connectivity index (χ1) is 7.91. The molecular weight excluding hydrogens is 256 g/mol. The Kier molecular flexibility index (Phi) is 5.15. The topological polar surface area (TPSA) is 46.3 Å². The molecule has 0 heterocycles. The molecule has 0 saturated carbocycles. The maximum atomic E-state index is 11.8. The van der Waals surface area contributed by atoms with Gasteiger partial charge < -0.3 is 10.6 Å². The van der Waals surface area contributed by atoms with Crippen molar-refractivity contribution in [3.05, 3.63) is 23.2 Å². The average molecular weight is 273 g/mol. The largest absolute Gasteiger partial charge is 0.399 e. The van der Waals surface area contributed by atoms with E-state index in [0.717, 1.165) is 4.90 Å². The fraction of sp³-hybridized carbons (Fsp3) is 0.417. The number of rotatable bonds is 4. The van der Waals surface area contributed by atoms with Crippen molar-refractivity contribution in [2.45, 2.75) is 24.8 Å². The minimum atomic E-state index is 0.0866. The smallest absolute Gasteiger partial charge is 0.232 e. The highest BCUT2D eigenvalue weighted by Crippen LogP contribution is 2.29. The van der Waals surface area contributed by atoms with Gasteiger partial charge in [0.15, 0.2) is 0 Å². The van der Waals surface area contributed by atoms with Crippen molar-refractivity contribution in [3.8, 4) is 0 Å². The summed E-state index contributed by atoms with van der Waals surface area (Å²) >= 11 is 7.43. The zero-order chi connectivity index (χ0) is 13.0. The number of nitrogen functional groups attached to an aromatic ring is 1. The zero-order valence-electron chi connectivity index (χ0n) is 10.2. The highest BCUT2D eigenvalue weighted by Gasteiger charge is 2.13. The highest BCUT2D eigenvalue weighted by molar-refractivity contribution is 8.00. The van der Waals surface area contributed by atoms with E-state index in [1.54, 1.807) is 30.1 Å². The van der Waals surface area contributed by atoms with Gasteiger partial charge in [0, 0.05) is 23.7 Å². The van der Waals surface area contributed by atoms with Gasteiger partial charge in [-0.1, -0.05) is 11.6 Å². The lowest BCUT2D eigenvalue weighted by Gasteiger charge is -2.21. The van der Waals surface area contributed by atoms with Crippen molar-refractivity contribution < 1.29 is 4.79 Å². The summed E-state index contributed by atoms with van der Waals surface area (Å²) in [6, 6.07) is 5.49. The summed E-state index contributed by atoms with van der Waals surface area (Å²) < 4.78 is 0. The number of anilines is 1. The minimum absolute atomic E-state index is 0.0866. The molecule has 5 heteroatoms. The van der Waals surface area contributed by atoms with Crippen LogP contribution in [0.4, 0.5) is 5.69 Å². The van der Waals surface area contributed by atoms with E-state index in [2.05, 4.69) is 0 Å². The van der Waals surface area contributed by atoms with Crippen LogP contribution in [0.2, 0.25) is 5.02 Å². The van der Waals surface area contributed by atoms with Gasteiger partial charge in [-0.2, -0.15) is 0 Å². The predicted molar refractivity (Wildman–Crippen MR) is 74.5 cm³/mol. The second-order valence-corrected chi connectivity index (χ2v) is 5.50. The number of hydrogen-bond acceptors (Lipinski definition) is 3. The van der Waals surface area contributed by atoms with Gasteiger partial charge in [-0.3, -0.25) is 4.79 Å². The van der Waals surface area contributed by atoms with Gasteiger partial charge in [-0.15, -0.1) is 11.8 Å². The van der Waals surface area contributed by atoms with Gasteiger partial charge in [0.1, 0.15) is 0 Å². The van der Waals surface area contributed by atoms with E-state index in [0.29, 0.717) is 16.5 Å². The Balaban J connectivity index is 2.61. The third kappa shape index (κ3) is 4.13. The number of thioether (sulfide) groups is 1. The molecule has 0 aliphatic carbocycles. The number of benzene rings is 1. The van der Waals surface area contributed by atoms with E-state index in [4.69, 9.17) is 17.3 Å². The molecule has 0 aliphatic heterocycles. The Hall–Kier alpha value is -0.870. The second-order valence-electron chi connectivity index (χ2n) is 4.08. The molecule has 0 spiro atoms. The molecular formula is C12H17ClN2OS. The van der Waals surface area contributed by atoms with E-state index < -0.39 is 0 Å². The lowest BCUT2D eigenvalue weighted by molar-refractivity contribution is -0.128. The molecule has 0 aliphatic rings. The third-order valence-electron chi connectivity index (χ3n) is 2.47. The van der Waals surface area contributed by atoms with Crippen molar-refractivity contribution in [3.63, 3.8) is 0 Å². The van der Waals surface area contributed by atoms with Crippen molar-refractivity contribution >= 4 is 35.0 Å². The van der Waals surface area contributed by atoms with Crippen molar-refractivity contribution in [1.82, 2.24) is 4.90 Å². The molecule has 2 N–H and O–H groups in total. The summed E-state index contributed by atoms with van der Waals surface area (Å²) in [5.74, 6) is 0.459. The van der Waals surface area contributed by atoms with Gasteiger partial charge in [-0.05, 0) is 32.0 Å². The molecule has 1 aromatic rings. The molecule has 0 aromatic heterocycles. The molecule has 17 heavy (non-hydrogen) atoms. The van der Waals surface area contributed by atoms with E-state index >= 15 is 0 Å². The molecule has 0 radical (unpaired) electrons. The maximum Gasteiger partial charge on any atom is 0.232 e. The first-order valence-electron chi connectivity index (χ1n) is 5.35. The first kappa shape index (κ1) is 14.2. The number of nitrogens with zero attached hydrogens (tertiary/aromatic N) is 1. The lowest BCUT2D eigenvalue weighted by Crippen LogP contribution is -2.34. The summed E-state index contributed by atoms with van der Waals surface area (Å²) in [5.41, 5.74) is 6.33. The minimum Gasteiger partial charge on any atom is -0.399 e. The van der Waals surface area contributed by atoms with Crippen molar-refractivity contribution in [2.24, 2.45) is 0 Å². The number of hydrogen-bond donors (Lipinski definition) is 1. The number of carbonyl (C=O) groups excluding carboxylic acids is 1. The summed E-state index contributed by atoms with van der Waals surface area (Å²) in [6.45, 7) is 3.96. The summed E-state index contributed by atoms with van der Waals surface area (Å²) in [5, 5.41) is 0.629. The summed E-state index contributed by atoms with van der Waals surface area (Å²) in [4.78, 5) is 14.3. The van der Waals surface area contributed by atoms with Gasteiger partial charge in [0.25, 0.3) is 0 Å². The standard InChI is InChI=1S/C12H17ClN2OS/c1-8(2)15(3)12(16)7-17-11-6-9(14)4-5-10(11)13/h4-6,8H,7,14H2,1-3H3. The Labute approximate surface area is 111 Å². The van der Waals surface area contributed by atoms with Crippen LogP contribution >= 0.6 is 23.4 Å². The molecule has 0 fully saturated rings. The van der Waals surface area contributed by atoms with E-state index in [9.17, 15) is 4.79 Å². The fourth-order valence-electron chi connectivity index (χ4n) is 1.16. The van der Waals surface area contributed by atoms with Crippen LogP contribution in [-0.2, 0) is 4.79 Å². The van der Waals surface area contributed by atoms with E-state index in [1.807, 2.05) is 13.8 Å². The van der Waals surface area contributed by atoms with Gasteiger partial charge in [0.2, 0.25) is 5.91 Å². The van der Waals surface area contributed by atoms with Crippen molar-refractivity contribution in [2.75, 3.05) is 18.5 Å². The maximum absolute atomic E-state index is 11.8. The molecule has 0 atom stereocenters. The van der Waals surface area contributed by atoms with Crippen LogP contribution in [0.3, 0.4) is 0 Å². The molecule has 94 valence electrons. The number of halogens is 1. The van der Waals surface area contributed by atoms with Crippen LogP contribution in [-0.4, -0.2) is 29.6 Å². The Morgan fingerprint density at radius 3 is 2.76 bits per heavy atom. The summed E-state index contributed by atoms with van der Waals surface area (Å²) in [6.07, 6.45) is 0. The molecule has 3 nitrogen and oxygen atoms in total. The monoisotopic (exact) mass is 272 g/mol. The van der Waals surface area contributed by atoms with Crippen LogP contribution in [0.15, 0.2) is 23.1 Å². The average Bonchev–Trinajstić information content (AvgIpc) is 2.28. The Bertz CT molecular complexity index is 409. The van der Waals surface area contributed by atoms with Crippen LogP contribution in [0, 0.1) is 0 Å². The molecule has 0 saturated heterocycles. The van der Waals surface area contributed by atoms with E-state index in [-0.39, 0.29) is 11.9 Å². The number of carbonyl (C=O) groups is 1. The fourth-order valence-corrected chi connectivity index (χ4v) is 2.35. The Morgan fingerprint density at radius 1 is 1.53 bits per heavy atom. The number of nitrogens with two attached hydrogens (primary N) is 1.